The van der Waals surface area contributed by atoms with Crippen molar-refractivity contribution >= 4 is 22.4 Å². The predicted octanol–water partition coefficient (Wildman–Crippen LogP) is 1.22. The first-order valence-electron chi connectivity index (χ1n) is 7.79. The second kappa shape index (κ2) is 6.67. The molecule has 1 aliphatic carbocycles. The normalized spacial score (nSPS) is 17.6. The predicted molar refractivity (Wildman–Crippen MR) is 92.7 cm³/mol. The van der Waals surface area contributed by atoms with E-state index in [4.69, 9.17) is 10.3 Å². The third-order valence-electron chi connectivity index (χ3n) is 4.55. The van der Waals surface area contributed by atoms with Gasteiger partial charge in [-0.15, -0.1) is 12.4 Å². The van der Waals surface area contributed by atoms with E-state index in [-0.39, 0.29) is 23.2 Å². The molecule has 0 saturated heterocycles. The molecular formula is C14H23ClN6O3S. The Bertz CT molecular complexity index is 871. The number of nitrogens with one attached hydrogen (secondary N) is 1. The third kappa shape index (κ3) is 3.43. The number of rotatable bonds is 5. The number of nitrogens with two attached hydrogens (primary N) is 1. The highest BCUT2D eigenvalue weighted by Gasteiger charge is 2.39. The summed E-state index contributed by atoms with van der Waals surface area (Å²) in [7, 11) is -2.06. The number of aromatic nitrogens is 4. The van der Waals surface area contributed by atoms with Gasteiger partial charge in [0.15, 0.2) is 5.82 Å². The maximum atomic E-state index is 12.7. The van der Waals surface area contributed by atoms with Gasteiger partial charge in [-0.25, -0.2) is 8.42 Å². The Morgan fingerprint density at radius 2 is 2.00 bits per heavy atom. The molecule has 140 valence electrons. The highest BCUT2D eigenvalue weighted by atomic mass is 35.5. The minimum absolute atomic E-state index is 0. The zero-order chi connectivity index (χ0) is 17.7. The van der Waals surface area contributed by atoms with Crippen molar-refractivity contribution in [2.75, 3.05) is 0 Å². The van der Waals surface area contributed by atoms with E-state index in [0.717, 1.165) is 19.3 Å². The van der Waals surface area contributed by atoms with Gasteiger partial charge in [-0.2, -0.15) is 14.8 Å². The monoisotopic (exact) mass is 390 g/mol. The minimum Gasteiger partial charge on any atom is -0.338 e. The molecule has 3 rings (SSSR count). The number of sulfonamides is 1. The van der Waals surface area contributed by atoms with Gasteiger partial charge in [-0.3, -0.25) is 4.68 Å². The second-order valence-corrected chi connectivity index (χ2v) is 8.08. The van der Waals surface area contributed by atoms with E-state index in [9.17, 15) is 8.42 Å². The summed E-state index contributed by atoms with van der Waals surface area (Å²) >= 11 is 0. The van der Waals surface area contributed by atoms with Crippen LogP contribution in [-0.4, -0.2) is 28.3 Å². The van der Waals surface area contributed by atoms with E-state index in [1.54, 1.807) is 27.8 Å². The summed E-state index contributed by atoms with van der Waals surface area (Å²) in [6, 6.07) is -0.668. The Labute approximate surface area is 152 Å². The van der Waals surface area contributed by atoms with Crippen LogP contribution in [0.1, 0.15) is 55.3 Å². The van der Waals surface area contributed by atoms with Crippen molar-refractivity contribution in [3.63, 3.8) is 0 Å². The van der Waals surface area contributed by atoms with E-state index < -0.39 is 21.6 Å². The maximum absolute atomic E-state index is 12.7. The number of hydrogen-bond acceptors (Lipinski definition) is 7. The van der Waals surface area contributed by atoms with Crippen LogP contribution in [0.3, 0.4) is 0 Å². The molecule has 2 heterocycles. The van der Waals surface area contributed by atoms with E-state index in [0.29, 0.717) is 17.2 Å². The van der Waals surface area contributed by atoms with Crippen molar-refractivity contribution in [1.29, 1.82) is 0 Å². The zero-order valence-electron chi connectivity index (χ0n) is 14.6. The summed E-state index contributed by atoms with van der Waals surface area (Å²) < 4.78 is 34.6. The van der Waals surface area contributed by atoms with E-state index in [1.165, 1.54) is 4.68 Å². The highest BCUT2D eigenvalue weighted by molar-refractivity contribution is 7.89. The molecule has 0 spiro atoms. The molecule has 1 atom stereocenters. The molecule has 1 unspecified atom stereocenters. The number of halogens is 1. The molecule has 1 saturated carbocycles. The van der Waals surface area contributed by atoms with Crippen LogP contribution >= 0.6 is 12.4 Å². The number of nitrogens with zero attached hydrogens (tertiary/aromatic N) is 4. The quantitative estimate of drug-likeness (QED) is 0.784. The molecule has 2 aromatic heterocycles. The molecule has 0 bridgehead atoms. The lowest BCUT2D eigenvalue weighted by Gasteiger charge is -2.34. The van der Waals surface area contributed by atoms with Crippen molar-refractivity contribution in [3.8, 4) is 0 Å². The lowest BCUT2D eigenvalue weighted by atomic mass is 9.77. The summed E-state index contributed by atoms with van der Waals surface area (Å²) in [5.41, 5.74) is 6.62. The van der Waals surface area contributed by atoms with E-state index in [2.05, 4.69) is 20.0 Å². The average molecular weight is 391 g/mol. The average Bonchev–Trinajstić information content (AvgIpc) is 3.02. The molecule has 0 aromatic carbocycles. The van der Waals surface area contributed by atoms with Crippen molar-refractivity contribution in [1.82, 2.24) is 24.6 Å². The fourth-order valence-electron chi connectivity index (χ4n) is 2.88. The van der Waals surface area contributed by atoms with Crippen LogP contribution in [-0.2, 0) is 22.6 Å². The topological polar surface area (TPSA) is 129 Å². The molecule has 1 aliphatic rings. The second-order valence-electron chi connectivity index (χ2n) is 6.43. The first-order chi connectivity index (χ1) is 11.1. The summed E-state index contributed by atoms with van der Waals surface area (Å²) in [5, 5.41) is 8.05. The Morgan fingerprint density at radius 1 is 1.36 bits per heavy atom. The fourth-order valence-corrected chi connectivity index (χ4v) is 4.51. The molecule has 0 radical (unpaired) electrons. The van der Waals surface area contributed by atoms with E-state index in [1.807, 2.05) is 0 Å². The smallest absolute Gasteiger partial charge is 0.244 e. The molecule has 9 nitrogen and oxygen atoms in total. The van der Waals surface area contributed by atoms with Gasteiger partial charge in [0.05, 0.1) is 23.0 Å². The van der Waals surface area contributed by atoms with Gasteiger partial charge in [-0.05, 0) is 40.0 Å². The van der Waals surface area contributed by atoms with Gasteiger partial charge < -0.3 is 10.3 Å². The molecule has 1 fully saturated rings. The third-order valence-corrected chi connectivity index (χ3v) is 6.34. The van der Waals surface area contributed by atoms with Gasteiger partial charge >= 0.3 is 0 Å². The molecule has 11 heteroatoms. The Hall–Kier alpha value is -1.49. The maximum Gasteiger partial charge on any atom is 0.244 e. The largest absolute Gasteiger partial charge is 0.338 e. The molecular weight excluding hydrogens is 368 g/mol. The van der Waals surface area contributed by atoms with E-state index >= 15 is 0 Å². The number of hydrogen-bond donors (Lipinski definition) is 2. The molecule has 2 aromatic rings. The standard InChI is InChI=1S/C14H22N6O3S.ClH/c1-8-11(10(3)20(4)17-8)24(21,22)19-9(2)12-16-13(18-23-12)14(15)6-5-7-14;/h9,19H,5-7,15H2,1-4H3;1H. The first kappa shape index (κ1) is 19.8. The fraction of sp³-hybridized carbons (Fsp3) is 0.643. The van der Waals surface area contributed by atoms with Crippen molar-refractivity contribution in [3.05, 3.63) is 23.1 Å². The first-order valence-corrected chi connectivity index (χ1v) is 9.28. The van der Waals surface area contributed by atoms with Crippen LogP contribution in [0.5, 0.6) is 0 Å². The van der Waals surface area contributed by atoms with Crippen LogP contribution in [0, 0.1) is 13.8 Å². The Balaban J connectivity index is 0.00000225. The van der Waals surface area contributed by atoms with Crippen LogP contribution in [0.4, 0.5) is 0 Å². The molecule has 25 heavy (non-hydrogen) atoms. The summed E-state index contributed by atoms with van der Waals surface area (Å²) in [6.45, 7) is 5.02. The van der Waals surface area contributed by atoms with Gasteiger partial charge in [0.1, 0.15) is 4.90 Å². The summed E-state index contributed by atoms with van der Waals surface area (Å²) in [4.78, 5) is 4.45. The summed E-state index contributed by atoms with van der Waals surface area (Å²) in [5.74, 6) is 0.632. The molecule has 3 N–H and O–H groups in total. The van der Waals surface area contributed by atoms with Gasteiger partial charge in [0, 0.05) is 7.05 Å². The zero-order valence-corrected chi connectivity index (χ0v) is 16.2. The Kier molecular flexibility index (Phi) is 5.29. The molecule has 0 aliphatic heterocycles. The SMILES string of the molecule is Cc1nn(C)c(C)c1S(=O)(=O)NC(C)c1nc(C2(N)CCC2)no1.Cl. The minimum atomic E-state index is -3.76. The molecule has 0 amide bonds. The van der Waals surface area contributed by atoms with Crippen LogP contribution in [0.2, 0.25) is 0 Å². The van der Waals surface area contributed by atoms with Gasteiger partial charge in [-0.1, -0.05) is 5.16 Å². The van der Waals surface area contributed by atoms with Crippen LogP contribution < -0.4 is 10.5 Å². The lowest BCUT2D eigenvalue weighted by molar-refractivity contribution is 0.228. The highest BCUT2D eigenvalue weighted by Crippen LogP contribution is 2.37. The lowest BCUT2D eigenvalue weighted by Crippen LogP contribution is -2.44. The Morgan fingerprint density at radius 3 is 2.48 bits per heavy atom. The summed E-state index contributed by atoms with van der Waals surface area (Å²) in [6.07, 6.45) is 2.64. The van der Waals surface area contributed by atoms with Crippen LogP contribution in [0.15, 0.2) is 9.42 Å². The van der Waals surface area contributed by atoms with Crippen molar-refractivity contribution in [2.45, 2.75) is 56.5 Å². The van der Waals surface area contributed by atoms with Gasteiger partial charge in [0.25, 0.3) is 0 Å². The van der Waals surface area contributed by atoms with Crippen molar-refractivity contribution in [2.24, 2.45) is 12.8 Å². The van der Waals surface area contributed by atoms with Gasteiger partial charge in [0.2, 0.25) is 15.9 Å². The van der Waals surface area contributed by atoms with Crippen LogP contribution in [0.25, 0.3) is 0 Å². The van der Waals surface area contributed by atoms with Crippen molar-refractivity contribution < 1.29 is 12.9 Å². The number of aryl methyl sites for hydroxylation is 2.